The second-order valence-electron chi connectivity index (χ2n) is 4.08. The lowest BCUT2D eigenvalue weighted by Gasteiger charge is -2.10. The molecule has 1 atom stereocenters. The number of hydrogen-bond donors (Lipinski definition) is 2. The number of aromatic carboxylic acids is 1. The van der Waals surface area contributed by atoms with Crippen LogP contribution in [0.25, 0.3) is 0 Å². The second-order valence-corrected chi connectivity index (χ2v) is 4.08. The molecule has 0 radical (unpaired) electrons. The van der Waals surface area contributed by atoms with Crippen LogP contribution in [0.2, 0.25) is 0 Å². The van der Waals surface area contributed by atoms with E-state index in [0.29, 0.717) is 25.4 Å². The van der Waals surface area contributed by atoms with Crippen LogP contribution < -0.4 is 4.74 Å². The molecule has 0 heterocycles. The lowest BCUT2D eigenvalue weighted by Crippen LogP contribution is -2.11. The smallest absolute Gasteiger partial charge is 0.335 e. The Bertz CT molecular complexity index is 374. The second kappa shape index (κ2) is 8.50. The number of hydrogen-bond acceptors (Lipinski definition) is 4. The third kappa shape index (κ3) is 6.22. The summed E-state index contributed by atoms with van der Waals surface area (Å²) in [6.07, 6.45) is 1.52. The van der Waals surface area contributed by atoms with Crippen LogP contribution in [-0.2, 0) is 4.74 Å². The summed E-state index contributed by atoms with van der Waals surface area (Å²) in [7, 11) is 0. The van der Waals surface area contributed by atoms with Crippen molar-refractivity contribution in [2.45, 2.75) is 32.5 Å². The Morgan fingerprint density at radius 1 is 1.26 bits per heavy atom. The fourth-order valence-corrected chi connectivity index (χ4v) is 1.58. The summed E-state index contributed by atoms with van der Waals surface area (Å²) in [5, 5.41) is 18.1. The van der Waals surface area contributed by atoms with E-state index in [-0.39, 0.29) is 5.56 Å². The first-order chi connectivity index (χ1) is 9.13. The Hall–Kier alpha value is -1.59. The van der Waals surface area contributed by atoms with Crippen molar-refractivity contribution in [1.29, 1.82) is 0 Å². The Balaban J connectivity index is 2.17. The predicted octanol–water partition coefficient (Wildman–Crippen LogP) is 2.29. The van der Waals surface area contributed by atoms with Gasteiger partial charge in [0.05, 0.1) is 12.2 Å². The minimum atomic E-state index is -0.948. The van der Waals surface area contributed by atoms with Crippen molar-refractivity contribution in [3.8, 4) is 5.75 Å². The van der Waals surface area contributed by atoms with Gasteiger partial charge in [0.1, 0.15) is 5.75 Å². The minimum absolute atomic E-state index is 0.243. The van der Waals surface area contributed by atoms with Gasteiger partial charge in [-0.25, -0.2) is 4.79 Å². The number of carboxylic acid groups (broad SMARTS) is 1. The van der Waals surface area contributed by atoms with Gasteiger partial charge in [0.15, 0.2) is 6.29 Å². The largest absolute Gasteiger partial charge is 0.494 e. The van der Waals surface area contributed by atoms with Crippen LogP contribution in [0.3, 0.4) is 0 Å². The summed E-state index contributed by atoms with van der Waals surface area (Å²) in [5.74, 6) is -0.299. The average molecular weight is 268 g/mol. The van der Waals surface area contributed by atoms with E-state index in [2.05, 4.69) is 0 Å². The molecule has 1 unspecified atom stereocenters. The van der Waals surface area contributed by atoms with Crippen molar-refractivity contribution >= 4 is 5.97 Å². The molecule has 5 nitrogen and oxygen atoms in total. The minimum Gasteiger partial charge on any atom is -0.494 e. The molecule has 0 bridgehead atoms. The van der Waals surface area contributed by atoms with E-state index in [1.54, 1.807) is 12.1 Å². The van der Waals surface area contributed by atoms with Crippen molar-refractivity contribution in [2.75, 3.05) is 13.2 Å². The summed E-state index contributed by atoms with van der Waals surface area (Å²) in [4.78, 5) is 10.7. The summed E-state index contributed by atoms with van der Waals surface area (Å²) in [6.45, 7) is 2.88. The van der Waals surface area contributed by atoms with E-state index in [1.165, 1.54) is 12.1 Å². The molecule has 0 aromatic heterocycles. The molecule has 0 amide bonds. The van der Waals surface area contributed by atoms with Crippen LogP contribution in [0.15, 0.2) is 24.3 Å². The highest BCUT2D eigenvalue weighted by atomic mass is 16.6. The molecule has 2 N–H and O–H groups in total. The zero-order chi connectivity index (χ0) is 14.1. The van der Waals surface area contributed by atoms with Gasteiger partial charge in [-0.2, -0.15) is 0 Å². The number of benzene rings is 1. The van der Waals surface area contributed by atoms with Gasteiger partial charge in [-0.3, -0.25) is 0 Å². The quantitative estimate of drug-likeness (QED) is 0.531. The molecule has 0 saturated carbocycles. The normalized spacial score (nSPS) is 12.1. The van der Waals surface area contributed by atoms with Gasteiger partial charge in [-0.1, -0.05) is 0 Å². The van der Waals surface area contributed by atoms with E-state index in [0.717, 1.165) is 12.8 Å². The standard InChI is InChI=1S/C14H20O5/c1-2-18-13(15)5-3-4-10-19-12-8-6-11(7-9-12)14(16)17/h6-9,13,15H,2-5,10H2,1H3,(H,16,17). The van der Waals surface area contributed by atoms with E-state index >= 15 is 0 Å². The van der Waals surface area contributed by atoms with Crippen LogP contribution in [0, 0.1) is 0 Å². The number of aliphatic hydroxyl groups is 1. The molecule has 1 aromatic rings. The third-order valence-corrected chi connectivity index (χ3v) is 2.57. The SMILES string of the molecule is CCOC(O)CCCCOc1ccc(C(=O)O)cc1. The molecule has 0 aliphatic rings. The Morgan fingerprint density at radius 3 is 2.53 bits per heavy atom. The van der Waals surface area contributed by atoms with Crippen molar-refractivity contribution in [3.05, 3.63) is 29.8 Å². The molecule has 5 heteroatoms. The predicted molar refractivity (Wildman–Crippen MR) is 70.4 cm³/mol. The van der Waals surface area contributed by atoms with Crippen LogP contribution in [0.1, 0.15) is 36.5 Å². The van der Waals surface area contributed by atoms with Crippen molar-refractivity contribution < 1.29 is 24.5 Å². The maximum Gasteiger partial charge on any atom is 0.335 e. The van der Waals surface area contributed by atoms with E-state index in [9.17, 15) is 9.90 Å². The highest BCUT2D eigenvalue weighted by molar-refractivity contribution is 5.87. The molecule has 0 saturated heterocycles. The van der Waals surface area contributed by atoms with Gasteiger partial charge in [-0.05, 0) is 50.5 Å². The molecule has 0 fully saturated rings. The highest BCUT2D eigenvalue weighted by Crippen LogP contribution is 2.13. The Morgan fingerprint density at radius 2 is 1.95 bits per heavy atom. The van der Waals surface area contributed by atoms with Crippen LogP contribution >= 0.6 is 0 Å². The molecule has 106 valence electrons. The Kier molecular flexibility index (Phi) is 6.92. The number of aliphatic hydroxyl groups excluding tert-OH is 1. The maximum absolute atomic E-state index is 10.7. The van der Waals surface area contributed by atoms with E-state index in [1.807, 2.05) is 6.92 Å². The van der Waals surface area contributed by atoms with Gasteiger partial charge < -0.3 is 19.7 Å². The molecular formula is C14H20O5. The van der Waals surface area contributed by atoms with Crippen LogP contribution in [-0.4, -0.2) is 35.7 Å². The van der Waals surface area contributed by atoms with Crippen LogP contribution in [0.4, 0.5) is 0 Å². The molecule has 19 heavy (non-hydrogen) atoms. The average Bonchev–Trinajstić information content (AvgIpc) is 2.39. The topological polar surface area (TPSA) is 76.0 Å². The number of ether oxygens (including phenoxy) is 2. The monoisotopic (exact) mass is 268 g/mol. The van der Waals surface area contributed by atoms with E-state index < -0.39 is 12.3 Å². The van der Waals surface area contributed by atoms with Gasteiger partial charge in [0, 0.05) is 6.61 Å². The number of unbranched alkanes of at least 4 members (excludes halogenated alkanes) is 1. The first-order valence-electron chi connectivity index (χ1n) is 6.39. The zero-order valence-corrected chi connectivity index (χ0v) is 11.0. The van der Waals surface area contributed by atoms with Gasteiger partial charge >= 0.3 is 5.97 Å². The fourth-order valence-electron chi connectivity index (χ4n) is 1.58. The van der Waals surface area contributed by atoms with Gasteiger partial charge in [0.25, 0.3) is 0 Å². The van der Waals surface area contributed by atoms with Crippen molar-refractivity contribution in [1.82, 2.24) is 0 Å². The first kappa shape index (κ1) is 15.5. The number of carbonyl (C=O) groups is 1. The van der Waals surface area contributed by atoms with Gasteiger partial charge in [0.2, 0.25) is 0 Å². The highest BCUT2D eigenvalue weighted by Gasteiger charge is 2.03. The summed E-state index contributed by atoms with van der Waals surface area (Å²) < 4.78 is 10.5. The van der Waals surface area contributed by atoms with Crippen molar-refractivity contribution in [3.63, 3.8) is 0 Å². The molecule has 0 aliphatic heterocycles. The third-order valence-electron chi connectivity index (χ3n) is 2.57. The van der Waals surface area contributed by atoms with Crippen LogP contribution in [0.5, 0.6) is 5.75 Å². The fraction of sp³-hybridized carbons (Fsp3) is 0.500. The number of carboxylic acids is 1. The van der Waals surface area contributed by atoms with E-state index in [4.69, 9.17) is 14.6 Å². The lowest BCUT2D eigenvalue weighted by molar-refractivity contribution is -0.0995. The molecule has 0 aliphatic carbocycles. The summed E-state index contributed by atoms with van der Waals surface area (Å²) >= 11 is 0. The number of rotatable bonds is 9. The molecule has 1 rings (SSSR count). The lowest BCUT2D eigenvalue weighted by atomic mass is 10.2. The maximum atomic E-state index is 10.7. The molecule has 0 spiro atoms. The molecular weight excluding hydrogens is 248 g/mol. The summed E-state index contributed by atoms with van der Waals surface area (Å²) in [6, 6.07) is 6.30. The van der Waals surface area contributed by atoms with Crippen molar-refractivity contribution in [2.24, 2.45) is 0 Å². The zero-order valence-electron chi connectivity index (χ0n) is 11.0. The summed E-state index contributed by atoms with van der Waals surface area (Å²) in [5.41, 5.74) is 0.243. The molecule has 1 aromatic carbocycles. The Labute approximate surface area is 112 Å². The first-order valence-corrected chi connectivity index (χ1v) is 6.39. The van der Waals surface area contributed by atoms with Gasteiger partial charge in [-0.15, -0.1) is 0 Å².